The van der Waals surface area contributed by atoms with Crippen LogP contribution in [0.5, 0.6) is 0 Å². The van der Waals surface area contributed by atoms with Crippen LogP contribution in [0.15, 0.2) is 29.2 Å². The Morgan fingerprint density at radius 1 is 1.30 bits per heavy atom. The van der Waals surface area contributed by atoms with Crippen molar-refractivity contribution in [3.8, 4) is 0 Å². The van der Waals surface area contributed by atoms with Gasteiger partial charge >= 0.3 is 0 Å². The molecule has 0 atom stereocenters. The van der Waals surface area contributed by atoms with Crippen molar-refractivity contribution in [3.63, 3.8) is 0 Å². The zero-order chi connectivity index (χ0) is 19.4. The highest BCUT2D eigenvalue weighted by atomic mass is 35.5. The number of benzene rings is 1. The summed E-state index contributed by atoms with van der Waals surface area (Å²) >= 11 is 12.3. The van der Waals surface area contributed by atoms with E-state index in [9.17, 15) is 9.59 Å². The zero-order valence-electron chi connectivity index (χ0n) is 15.0. The van der Waals surface area contributed by atoms with Gasteiger partial charge < -0.3 is 14.6 Å². The Hall–Kier alpha value is -1.89. The minimum absolute atomic E-state index is 0.0406. The van der Waals surface area contributed by atoms with Crippen molar-refractivity contribution < 1.29 is 9.53 Å². The number of nitrogens with one attached hydrogen (secondary N) is 1. The van der Waals surface area contributed by atoms with Gasteiger partial charge in [-0.3, -0.25) is 9.59 Å². The van der Waals surface area contributed by atoms with Crippen molar-refractivity contribution in [2.45, 2.75) is 32.3 Å². The monoisotopic (exact) mass is 409 g/mol. The quantitative estimate of drug-likeness (QED) is 0.821. The van der Waals surface area contributed by atoms with E-state index in [0.717, 1.165) is 12.8 Å². The molecule has 0 radical (unpaired) electrons. The van der Waals surface area contributed by atoms with Gasteiger partial charge in [0.15, 0.2) is 0 Å². The Kier molecular flexibility index (Phi) is 6.52. The molecule has 0 saturated carbocycles. The number of halogens is 2. The number of hydrogen-bond donors (Lipinski definition) is 1. The third-order valence-electron chi connectivity index (χ3n) is 4.62. The van der Waals surface area contributed by atoms with Gasteiger partial charge in [0.25, 0.3) is 11.5 Å². The molecule has 144 valence electrons. The number of aromatic nitrogens is 2. The molecule has 1 saturated heterocycles. The molecule has 1 amide bonds. The van der Waals surface area contributed by atoms with Gasteiger partial charge in [0.2, 0.25) is 0 Å². The van der Waals surface area contributed by atoms with Crippen molar-refractivity contribution >= 4 is 29.1 Å². The largest absolute Gasteiger partial charge is 0.378 e. The van der Waals surface area contributed by atoms with Crippen LogP contribution in [0.1, 0.15) is 41.5 Å². The van der Waals surface area contributed by atoms with Crippen LogP contribution in [-0.4, -0.2) is 46.6 Å². The number of nitrogens with zero attached hydrogens (tertiary/aromatic N) is 2. The first kappa shape index (κ1) is 19.9. The van der Waals surface area contributed by atoms with E-state index >= 15 is 0 Å². The molecular formula is C19H21Cl2N3O3. The molecule has 2 heterocycles. The summed E-state index contributed by atoms with van der Waals surface area (Å²) in [6.07, 6.45) is 3.33. The van der Waals surface area contributed by atoms with E-state index in [2.05, 4.69) is 9.97 Å². The van der Waals surface area contributed by atoms with Gasteiger partial charge in [-0.1, -0.05) is 29.3 Å². The Morgan fingerprint density at radius 2 is 1.96 bits per heavy atom. The molecule has 0 spiro atoms. The molecule has 1 N–H and O–H groups in total. The number of rotatable bonds is 5. The summed E-state index contributed by atoms with van der Waals surface area (Å²) in [5, 5.41) is 1.00. The SMILES string of the molecule is CCOC1CCN(C(=O)c2cnc(Cc3c(Cl)cccc3Cl)[nH]c2=O)CC1. The van der Waals surface area contributed by atoms with Gasteiger partial charge in [-0.25, -0.2) is 4.98 Å². The second kappa shape index (κ2) is 8.87. The van der Waals surface area contributed by atoms with Crippen LogP contribution in [0.2, 0.25) is 10.0 Å². The minimum atomic E-state index is -0.458. The summed E-state index contributed by atoms with van der Waals surface area (Å²) in [6, 6.07) is 5.20. The molecule has 1 aromatic heterocycles. The Morgan fingerprint density at radius 3 is 2.56 bits per heavy atom. The highest BCUT2D eigenvalue weighted by Crippen LogP contribution is 2.25. The molecule has 6 nitrogen and oxygen atoms in total. The van der Waals surface area contributed by atoms with Crippen molar-refractivity contribution in [1.82, 2.24) is 14.9 Å². The average molecular weight is 410 g/mol. The molecule has 1 aromatic carbocycles. The number of carbonyl (C=O) groups is 1. The molecule has 0 unspecified atom stereocenters. The normalized spacial score (nSPS) is 15.1. The van der Waals surface area contributed by atoms with Crippen LogP contribution in [-0.2, 0) is 11.2 Å². The maximum absolute atomic E-state index is 12.6. The summed E-state index contributed by atoms with van der Waals surface area (Å²) in [4.78, 5) is 33.6. The van der Waals surface area contributed by atoms with Crippen molar-refractivity contribution in [3.05, 3.63) is 61.7 Å². The first-order chi connectivity index (χ1) is 13.0. The molecular weight excluding hydrogens is 389 g/mol. The highest BCUT2D eigenvalue weighted by molar-refractivity contribution is 6.36. The molecule has 0 bridgehead atoms. The Balaban J connectivity index is 1.72. The van der Waals surface area contributed by atoms with Crippen LogP contribution in [0.4, 0.5) is 0 Å². The average Bonchev–Trinajstić information content (AvgIpc) is 2.65. The lowest BCUT2D eigenvalue weighted by molar-refractivity contribution is 0.0145. The molecule has 0 aliphatic carbocycles. The summed E-state index contributed by atoms with van der Waals surface area (Å²) in [5.74, 6) is 0.0997. The van der Waals surface area contributed by atoms with Gasteiger partial charge in [-0.2, -0.15) is 0 Å². The van der Waals surface area contributed by atoms with Gasteiger partial charge in [0, 0.05) is 42.4 Å². The van der Waals surface area contributed by atoms with Gasteiger partial charge in [0.05, 0.1) is 6.10 Å². The Labute approximate surface area is 167 Å². The maximum atomic E-state index is 12.6. The minimum Gasteiger partial charge on any atom is -0.378 e. The number of piperidine rings is 1. The molecule has 2 aromatic rings. The van der Waals surface area contributed by atoms with Crippen LogP contribution < -0.4 is 5.56 Å². The summed E-state index contributed by atoms with van der Waals surface area (Å²) in [5.41, 5.74) is 0.264. The van der Waals surface area contributed by atoms with E-state index in [1.54, 1.807) is 23.1 Å². The second-order valence-corrected chi connectivity index (χ2v) is 7.21. The molecule has 1 aliphatic rings. The van der Waals surface area contributed by atoms with E-state index in [-0.39, 0.29) is 24.0 Å². The van der Waals surface area contributed by atoms with Gasteiger partial charge in [-0.05, 0) is 37.5 Å². The number of aromatic amines is 1. The van der Waals surface area contributed by atoms with Gasteiger partial charge in [-0.15, -0.1) is 0 Å². The number of likely N-dealkylation sites (tertiary alicyclic amines) is 1. The van der Waals surface area contributed by atoms with E-state index < -0.39 is 5.56 Å². The van der Waals surface area contributed by atoms with Crippen molar-refractivity contribution in [2.24, 2.45) is 0 Å². The number of carbonyl (C=O) groups excluding carboxylic acids is 1. The number of hydrogen-bond acceptors (Lipinski definition) is 4. The lowest BCUT2D eigenvalue weighted by Gasteiger charge is -2.31. The van der Waals surface area contributed by atoms with Crippen molar-refractivity contribution in [2.75, 3.05) is 19.7 Å². The smallest absolute Gasteiger partial charge is 0.263 e. The van der Waals surface area contributed by atoms with Crippen LogP contribution in [0.25, 0.3) is 0 Å². The Bertz CT molecular complexity index is 856. The van der Waals surface area contributed by atoms with Crippen LogP contribution in [0, 0.1) is 0 Å². The fourth-order valence-electron chi connectivity index (χ4n) is 3.17. The fraction of sp³-hybridized carbons (Fsp3) is 0.421. The number of ether oxygens (including phenoxy) is 1. The number of H-pyrrole nitrogens is 1. The maximum Gasteiger partial charge on any atom is 0.263 e. The van der Waals surface area contributed by atoms with E-state index in [1.807, 2.05) is 6.92 Å². The third-order valence-corrected chi connectivity index (χ3v) is 5.33. The molecule has 27 heavy (non-hydrogen) atoms. The van der Waals surface area contributed by atoms with Crippen LogP contribution >= 0.6 is 23.2 Å². The first-order valence-electron chi connectivity index (χ1n) is 8.91. The zero-order valence-corrected chi connectivity index (χ0v) is 16.5. The van der Waals surface area contributed by atoms with E-state index in [4.69, 9.17) is 27.9 Å². The molecule has 1 aliphatic heterocycles. The number of amides is 1. The van der Waals surface area contributed by atoms with Gasteiger partial charge in [0.1, 0.15) is 11.4 Å². The van der Waals surface area contributed by atoms with Crippen LogP contribution in [0.3, 0.4) is 0 Å². The molecule has 1 fully saturated rings. The molecule has 3 rings (SSSR count). The first-order valence-corrected chi connectivity index (χ1v) is 9.67. The third kappa shape index (κ3) is 4.69. The predicted octanol–water partition coefficient (Wildman–Crippen LogP) is 3.31. The topological polar surface area (TPSA) is 75.3 Å². The predicted molar refractivity (Wildman–Crippen MR) is 105 cm³/mol. The van der Waals surface area contributed by atoms with E-state index in [0.29, 0.717) is 41.1 Å². The summed E-state index contributed by atoms with van der Waals surface area (Å²) < 4.78 is 5.59. The summed E-state index contributed by atoms with van der Waals surface area (Å²) in [6.45, 7) is 3.76. The standard InChI is InChI=1S/C19H21Cl2N3O3/c1-2-27-12-6-8-24(9-7-12)19(26)14-11-22-17(23-18(14)25)10-13-15(20)4-3-5-16(13)21/h3-5,11-12H,2,6-10H2,1H3,(H,22,23,25). The highest BCUT2D eigenvalue weighted by Gasteiger charge is 2.25. The fourth-order valence-corrected chi connectivity index (χ4v) is 3.71. The van der Waals surface area contributed by atoms with E-state index in [1.165, 1.54) is 6.20 Å². The van der Waals surface area contributed by atoms with Crippen molar-refractivity contribution in [1.29, 1.82) is 0 Å². The summed E-state index contributed by atoms with van der Waals surface area (Å²) in [7, 11) is 0. The second-order valence-electron chi connectivity index (χ2n) is 6.40. The lowest BCUT2D eigenvalue weighted by Crippen LogP contribution is -2.42. The molecule has 8 heteroatoms. The lowest BCUT2D eigenvalue weighted by atomic mass is 10.1.